The molecule has 0 spiro atoms. The van der Waals surface area contributed by atoms with Crippen LogP contribution in [0, 0.1) is 6.92 Å². The molecule has 0 saturated carbocycles. The van der Waals surface area contributed by atoms with Crippen molar-refractivity contribution in [3.05, 3.63) is 68.1 Å². The standard InChI is InChI=1S/C24H27ClN8O2S/c1-16-7-8-26-22(27-16)36-14-13-33-19-20(29(2)24(35)30(3)21(19)34)28-23(33)32-11-9-31(10-12-32)18-6-4-5-17(25)15-18/h4-8,15H,9-14H2,1-3H3. The van der Waals surface area contributed by atoms with Crippen LogP contribution in [0.4, 0.5) is 11.6 Å². The molecular formula is C24H27ClN8O2S. The monoisotopic (exact) mass is 526 g/mol. The fraction of sp³-hybridized carbons (Fsp3) is 0.375. The number of hydrogen-bond acceptors (Lipinski definition) is 8. The number of fused-ring (bicyclic) bond motifs is 1. The number of anilines is 2. The number of imidazole rings is 1. The first kappa shape index (κ1) is 24.4. The molecule has 1 aliphatic heterocycles. The molecular weight excluding hydrogens is 500 g/mol. The Morgan fingerprint density at radius 3 is 2.47 bits per heavy atom. The van der Waals surface area contributed by atoms with Gasteiger partial charge in [-0.1, -0.05) is 29.4 Å². The summed E-state index contributed by atoms with van der Waals surface area (Å²) in [5.41, 5.74) is 2.08. The van der Waals surface area contributed by atoms with Crippen LogP contribution in [0.5, 0.6) is 0 Å². The van der Waals surface area contributed by atoms with Crippen molar-refractivity contribution in [3.8, 4) is 0 Å². The Morgan fingerprint density at radius 1 is 1.00 bits per heavy atom. The third kappa shape index (κ3) is 4.60. The van der Waals surface area contributed by atoms with Gasteiger partial charge in [-0.25, -0.2) is 14.8 Å². The fourth-order valence-corrected chi connectivity index (χ4v) is 5.43. The average molecular weight is 527 g/mol. The van der Waals surface area contributed by atoms with E-state index in [1.54, 1.807) is 13.2 Å². The van der Waals surface area contributed by atoms with Crippen molar-refractivity contribution in [2.75, 3.05) is 41.7 Å². The van der Waals surface area contributed by atoms with Crippen molar-refractivity contribution >= 4 is 46.2 Å². The van der Waals surface area contributed by atoms with E-state index in [0.717, 1.165) is 42.1 Å². The molecule has 0 aliphatic carbocycles. The molecule has 188 valence electrons. The lowest BCUT2D eigenvalue weighted by atomic mass is 10.2. The van der Waals surface area contributed by atoms with E-state index in [1.807, 2.05) is 35.8 Å². The average Bonchev–Trinajstić information content (AvgIpc) is 3.26. The molecule has 0 radical (unpaired) electrons. The number of rotatable bonds is 6. The van der Waals surface area contributed by atoms with Gasteiger partial charge < -0.3 is 14.4 Å². The van der Waals surface area contributed by atoms with Crippen molar-refractivity contribution in [2.24, 2.45) is 14.1 Å². The number of nitrogens with zero attached hydrogens (tertiary/aromatic N) is 8. The molecule has 1 aromatic carbocycles. The zero-order chi connectivity index (χ0) is 25.4. The summed E-state index contributed by atoms with van der Waals surface area (Å²) in [4.78, 5) is 43.8. The van der Waals surface area contributed by atoms with Crippen LogP contribution in [0.25, 0.3) is 11.2 Å². The van der Waals surface area contributed by atoms with Gasteiger partial charge in [0.05, 0.1) is 0 Å². The predicted octanol–water partition coefficient (Wildman–Crippen LogP) is 2.30. The van der Waals surface area contributed by atoms with Crippen molar-refractivity contribution in [1.82, 2.24) is 28.7 Å². The Bertz CT molecular complexity index is 1540. The summed E-state index contributed by atoms with van der Waals surface area (Å²) < 4.78 is 4.52. The van der Waals surface area contributed by atoms with Gasteiger partial charge in [-0.05, 0) is 31.2 Å². The molecule has 5 rings (SSSR count). The second kappa shape index (κ2) is 9.98. The number of aromatic nitrogens is 6. The summed E-state index contributed by atoms with van der Waals surface area (Å²) in [5.74, 6) is 1.34. The molecule has 1 fully saturated rings. The van der Waals surface area contributed by atoms with E-state index in [-0.39, 0.29) is 5.56 Å². The van der Waals surface area contributed by atoms with Crippen LogP contribution in [0.15, 0.2) is 51.3 Å². The molecule has 1 aliphatic rings. The number of aryl methyl sites for hydroxylation is 3. The molecule has 1 saturated heterocycles. The van der Waals surface area contributed by atoms with Gasteiger partial charge in [0.2, 0.25) is 5.95 Å². The van der Waals surface area contributed by atoms with E-state index in [0.29, 0.717) is 39.6 Å². The van der Waals surface area contributed by atoms with Crippen LogP contribution < -0.4 is 21.0 Å². The highest BCUT2D eigenvalue weighted by Crippen LogP contribution is 2.25. The predicted molar refractivity (Wildman–Crippen MR) is 144 cm³/mol. The van der Waals surface area contributed by atoms with Gasteiger partial charge >= 0.3 is 5.69 Å². The molecule has 0 unspecified atom stereocenters. The second-order valence-electron chi connectivity index (χ2n) is 8.72. The van der Waals surface area contributed by atoms with E-state index >= 15 is 0 Å². The van der Waals surface area contributed by atoms with E-state index in [1.165, 1.54) is 23.4 Å². The maximum Gasteiger partial charge on any atom is 0.332 e. The number of halogens is 1. The Hall–Kier alpha value is -3.31. The first-order valence-electron chi connectivity index (χ1n) is 11.7. The molecule has 3 aromatic heterocycles. The Morgan fingerprint density at radius 2 is 1.75 bits per heavy atom. The third-order valence-electron chi connectivity index (χ3n) is 6.38. The van der Waals surface area contributed by atoms with Gasteiger partial charge in [0, 0.05) is 75.2 Å². The molecule has 0 atom stereocenters. The molecule has 4 heterocycles. The number of hydrogen-bond donors (Lipinski definition) is 0. The number of thioether (sulfide) groups is 1. The summed E-state index contributed by atoms with van der Waals surface area (Å²) >= 11 is 7.72. The van der Waals surface area contributed by atoms with Gasteiger partial charge in [0.15, 0.2) is 16.3 Å². The molecule has 0 bridgehead atoms. The minimum atomic E-state index is -0.392. The summed E-state index contributed by atoms with van der Waals surface area (Å²) in [7, 11) is 3.15. The SMILES string of the molecule is Cc1ccnc(SCCn2c(N3CCN(c4cccc(Cl)c4)CC3)nc3c2c(=O)n(C)c(=O)n3C)n1. The Labute approximate surface area is 217 Å². The van der Waals surface area contributed by atoms with Crippen LogP contribution >= 0.6 is 23.4 Å². The van der Waals surface area contributed by atoms with Crippen molar-refractivity contribution in [3.63, 3.8) is 0 Å². The minimum absolute atomic E-state index is 0.346. The zero-order valence-corrected chi connectivity index (χ0v) is 22.0. The lowest BCUT2D eigenvalue weighted by molar-refractivity contribution is 0.622. The van der Waals surface area contributed by atoms with Gasteiger partial charge in [-0.15, -0.1) is 0 Å². The van der Waals surface area contributed by atoms with Gasteiger partial charge in [-0.2, -0.15) is 4.98 Å². The van der Waals surface area contributed by atoms with Gasteiger partial charge in [0.1, 0.15) is 0 Å². The smallest absolute Gasteiger partial charge is 0.332 e. The fourth-order valence-electron chi connectivity index (χ4n) is 4.45. The van der Waals surface area contributed by atoms with Crippen LogP contribution in [-0.4, -0.2) is 60.6 Å². The van der Waals surface area contributed by atoms with Gasteiger partial charge in [-0.3, -0.25) is 13.9 Å². The number of piperazine rings is 1. The molecule has 10 nitrogen and oxygen atoms in total. The normalized spacial score (nSPS) is 14.1. The first-order chi connectivity index (χ1) is 17.3. The van der Waals surface area contributed by atoms with Crippen molar-refractivity contribution in [2.45, 2.75) is 18.6 Å². The summed E-state index contributed by atoms with van der Waals surface area (Å²) in [6.07, 6.45) is 1.74. The largest absolute Gasteiger partial charge is 0.368 e. The van der Waals surface area contributed by atoms with Crippen LogP contribution in [0.2, 0.25) is 5.02 Å². The van der Waals surface area contributed by atoms with Crippen molar-refractivity contribution < 1.29 is 0 Å². The topological polar surface area (TPSA) is 94.1 Å². The lowest BCUT2D eigenvalue weighted by Crippen LogP contribution is -2.47. The van der Waals surface area contributed by atoms with Crippen LogP contribution in [0.1, 0.15) is 5.69 Å². The Balaban J connectivity index is 1.46. The van der Waals surface area contributed by atoms with E-state index in [9.17, 15) is 9.59 Å². The lowest BCUT2D eigenvalue weighted by Gasteiger charge is -2.36. The minimum Gasteiger partial charge on any atom is -0.368 e. The highest BCUT2D eigenvalue weighted by atomic mass is 35.5. The van der Waals surface area contributed by atoms with E-state index in [2.05, 4.69) is 25.8 Å². The van der Waals surface area contributed by atoms with Crippen molar-refractivity contribution in [1.29, 1.82) is 0 Å². The molecule has 0 amide bonds. The first-order valence-corrected chi connectivity index (χ1v) is 13.0. The van der Waals surface area contributed by atoms with E-state index in [4.69, 9.17) is 16.6 Å². The molecule has 4 aromatic rings. The summed E-state index contributed by atoms with van der Waals surface area (Å²) in [5, 5.41) is 1.40. The Kier molecular flexibility index (Phi) is 6.76. The van der Waals surface area contributed by atoms with Crippen LogP contribution in [0.3, 0.4) is 0 Å². The molecule has 0 N–H and O–H groups in total. The summed E-state index contributed by atoms with van der Waals surface area (Å²) in [6.45, 7) is 5.46. The quantitative estimate of drug-likeness (QED) is 0.279. The van der Waals surface area contributed by atoms with Gasteiger partial charge in [0.25, 0.3) is 5.56 Å². The molecule has 36 heavy (non-hydrogen) atoms. The zero-order valence-electron chi connectivity index (χ0n) is 20.4. The molecule has 12 heteroatoms. The number of benzene rings is 1. The highest BCUT2D eigenvalue weighted by Gasteiger charge is 2.26. The second-order valence-corrected chi connectivity index (χ2v) is 10.2. The summed E-state index contributed by atoms with van der Waals surface area (Å²) in [6, 6.07) is 9.71. The third-order valence-corrected chi connectivity index (χ3v) is 7.46. The highest BCUT2D eigenvalue weighted by molar-refractivity contribution is 7.99. The van der Waals surface area contributed by atoms with E-state index < -0.39 is 5.69 Å². The maximum atomic E-state index is 13.2. The maximum absolute atomic E-state index is 13.2. The van der Waals surface area contributed by atoms with Crippen LogP contribution in [-0.2, 0) is 20.6 Å².